The maximum absolute atomic E-state index is 13.1. The van der Waals surface area contributed by atoms with Gasteiger partial charge in [-0.05, 0) is 61.6 Å². The molecule has 6 nitrogen and oxygen atoms in total. The van der Waals surface area contributed by atoms with Crippen molar-refractivity contribution in [3.63, 3.8) is 0 Å². The number of hydrogen-bond acceptors (Lipinski definition) is 3. The number of hydrogen-bond donors (Lipinski definition) is 3. The Kier molecular flexibility index (Phi) is 9.04. The summed E-state index contributed by atoms with van der Waals surface area (Å²) in [5, 5.41) is 9.57. The lowest BCUT2D eigenvalue weighted by Gasteiger charge is -2.33. The first-order valence-electron chi connectivity index (χ1n) is 11.4. The first kappa shape index (κ1) is 23.7. The molecule has 0 bridgehead atoms. The monoisotopic (exact) mass is 439 g/mol. The lowest BCUT2D eigenvalue weighted by atomic mass is 10.0. The van der Waals surface area contributed by atoms with Gasteiger partial charge in [-0.2, -0.15) is 0 Å². The predicted molar refractivity (Wildman–Crippen MR) is 127 cm³/mol. The molecule has 7 heteroatoms. The molecule has 0 atom stereocenters. The fourth-order valence-electron chi connectivity index (χ4n) is 3.91. The Bertz CT molecular complexity index is 891. The van der Waals surface area contributed by atoms with Crippen molar-refractivity contribution in [2.24, 2.45) is 4.99 Å². The van der Waals surface area contributed by atoms with Crippen LogP contribution in [-0.4, -0.2) is 56.0 Å². The number of nitrogens with zero attached hydrogens (tertiary/aromatic N) is 2. The normalized spacial score (nSPS) is 15.4. The number of halogens is 1. The van der Waals surface area contributed by atoms with Gasteiger partial charge in [-0.3, -0.25) is 14.7 Å². The molecule has 0 aromatic heterocycles. The lowest BCUT2D eigenvalue weighted by Crippen LogP contribution is -2.48. The van der Waals surface area contributed by atoms with E-state index in [4.69, 9.17) is 4.99 Å². The molecule has 1 heterocycles. The van der Waals surface area contributed by atoms with Crippen LogP contribution >= 0.6 is 0 Å². The smallest absolute Gasteiger partial charge is 0.251 e. The van der Waals surface area contributed by atoms with Gasteiger partial charge in [0, 0.05) is 51.4 Å². The first-order valence-corrected chi connectivity index (χ1v) is 11.4. The van der Waals surface area contributed by atoms with Crippen LogP contribution in [0.25, 0.3) is 0 Å². The van der Waals surface area contributed by atoms with Crippen molar-refractivity contribution in [2.75, 3.05) is 33.2 Å². The van der Waals surface area contributed by atoms with Gasteiger partial charge in [0.2, 0.25) is 0 Å². The Morgan fingerprint density at radius 1 is 1.12 bits per heavy atom. The molecule has 2 aromatic carbocycles. The number of amides is 1. The van der Waals surface area contributed by atoms with Crippen LogP contribution in [0.3, 0.4) is 0 Å². The van der Waals surface area contributed by atoms with Crippen molar-refractivity contribution in [3.8, 4) is 0 Å². The molecule has 0 saturated carbocycles. The highest BCUT2D eigenvalue weighted by atomic mass is 19.1. The van der Waals surface area contributed by atoms with Crippen LogP contribution < -0.4 is 16.0 Å². The number of nitrogens with one attached hydrogen (secondary N) is 3. The molecule has 2 aromatic rings. The minimum absolute atomic E-state index is 0.0730. The minimum Gasteiger partial charge on any atom is -0.357 e. The Balaban J connectivity index is 1.47. The van der Waals surface area contributed by atoms with E-state index in [-0.39, 0.29) is 11.7 Å². The summed E-state index contributed by atoms with van der Waals surface area (Å²) in [5.74, 6) is 0.578. The molecule has 32 heavy (non-hydrogen) atoms. The predicted octanol–water partition coefficient (Wildman–Crippen LogP) is 2.95. The van der Waals surface area contributed by atoms with Crippen molar-refractivity contribution in [3.05, 3.63) is 71.0 Å². The topological polar surface area (TPSA) is 68.8 Å². The van der Waals surface area contributed by atoms with E-state index >= 15 is 0 Å². The Hall–Kier alpha value is -2.93. The third kappa shape index (κ3) is 7.34. The molecule has 1 aliphatic rings. The summed E-state index contributed by atoms with van der Waals surface area (Å²) in [6.07, 6.45) is 2.86. The van der Waals surface area contributed by atoms with E-state index in [2.05, 4.69) is 27.8 Å². The second-order valence-electron chi connectivity index (χ2n) is 8.11. The van der Waals surface area contributed by atoms with Crippen LogP contribution in [-0.2, 0) is 13.0 Å². The first-order chi connectivity index (χ1) is 15.6. The molecule has 1 fully saturated rings. The molecule has 0 unspecified atom stereocenters. The fourth-order valence-corrected chi connectivity index (χ4v) is 3.91. The summed E-state index contributed by atoms with van der Waals surface area (Å²) in [5.41, 5.74) is 2.92. The summed E-state index contributed by atoms with van der Waals surface area (Å²) < 4.78 is 13.1. The SMILES string of the molecule is CCNC(=NCCc1cccc(C(=O)NC)c1)NC1CCN(Cc2ccc(F)cc2)CC1. The van der Waals surface area contributed by atoms with Gasteiger partial charge in [-0.25, -0.2) is 4.39 Å². The highest BCUT2D eigenvalue weighted by Gasteiger charge is 2.20. The quantitative estimate of drug-likeness (QED) is 0.437. The Labute approximate surface area is 190 Å². The maximum atomic E-state index is 13.1. The van der Waals surface area contributed by atoms with Crippen molar-refractivity contribution in [1.29, 1.82) is 0 Å². The van der Waals surface area contributed by atoms with Gasteiger partial charge in [-0.15, -0.1) is 0 Å². The van der Waals surface area contributed by atoms with Crippen LogP contribution in [0.15, 0.2) is 53.5 Å². The largest absolute Gasteiger partial charge is 0.357 e. The number of likely N-dealkylation sites (tertiary alicyclic amines) is 1. The standard InChI is InChI=1S/C25H34FN5O/c1-3-28-25(29-14-11-19-5-4-6-21(17-19)24(32)27-2)30-23-12-15-31(16-13-23)18-20-7-9-22(26)10-8-20/h4-10,17,23H,3,11-16,18H2,1-2H3,(H,27,32)(H2,28,29,30). The van der Waals surface area contributed by atoms with Crippen LogP contribution in [0.5, 0.6) is 0 Å². The van der Waals surface area contributed by atoms with E-state index in [1.165, 1.54) is 12.1 Å². The van der Waals surface area contributed by atoms with Gasteiger partial charge < -0.3 is 16.0 Å². The van der Waals surface area contributed by atoms with E-state index in [1.807, 2.05) is 36.4 Å². The molecule has 172 valence electrons. The second-order valence-corrected chi connectivity index (χ2v) is 8.11. The summed E-state index contributed by atoms with van der Waals surface area (Å²) in [6, 6.07) is 14.8. The molecule has 1 aliphatic heterocycles. The van der Waals surface area contributed by atoms with E-state index in [0.717, 1.165) is 62.5 Å². The maximum Gasteiger partial charge on any atom is 0.251 e. The zero-order valence-electron chi connectivity index (χ0n) is 19.0. The van der Waals surface area contributed by atoms with Crippen LogP contribution in [0.4, 0.5) is 4.39 Å². The molecular weight excluding hydrogens is 405 g/mol. The van der Waals surface area contributed by atoms with Crippen molar-refractivity contribution < 1.29 is 9.18 Å². The molecule has 0 spiro atoms. The third-order valence-electron chi connectivity index (χ3n) is 5.68. The van der Waals surface area contributed by atoms with Crippen molar-refractivity contribution >= 4 is 11.9 Å². The molecule has 3 rings (SSSR count). The summed E-state index contributed by atoms with van der Waals surface area (Å²) >= 11 is 0. The lowest BCUT2D eigenvalue weighted by molar-refractivity contribution is 0.0963. The van der Waals surface area contributed by atoms with Crippen LogP contribution in [0.2, 0.25) is 0 Å². The van der Waals surface area contributed by atoms with E-state index in [1.54, 1.807) is 7.05 Å². The highest BCUT2D eigenvalue weighted by Crippen LogP contribution is 2.14. The van der Waals surface area contributed by atoms with Gasteiger partial charge >= 0.3 is 0 Å². The zero-order chi connectivity index (χ0) is 22.8. The number of carbonyl (C=O) groups is 1. The number of benzene rings is 2. The average molecular weight is 440 g/mol. The molecule has 3 N–H and O–H groups in total. The number of guanidine groups is 1. The summed E-state index contributed by atoms with van der Waals surface area (Å²) in [4.78, 5) is 19.0. The average Bonchev–Trinajstić information content (AvgIpc) is 2.81. The van der Waals surface area contributed by atoms with Crippen LogP contribution in [0.1, 0.15) is 41.3 Å². The van der Waals surface area contributed by atoms with Crippen molar-refractivity contribution in [2.45, 2.75) is 38.8 Å². The van der Waals surface area contributed by atoms with Gasteiger partial charge in [0.05, 0.1) is 0 Å². The number of carbonyl (C=O) groups excluding carboxylic acids is 1. The molecule has 0 aliphatic carbocycles. The third-order valence-corrected chi connectivity index (χ3v) is 5.68. The van der Waals surface area contributed by atoms with E-state index in [0.29, 0.717) is 18.2 Å². The zero-order valence-corrected chi connectivity index (χ0v) is 19.0. The van der Waals surface area contributed by atoms with Crippen molar-refractivity contribution in [1.82, 2.24) is 20.9 Å². The minimum atomic E-state index is -0.189. The molecule has 1 amide bonds. The summed E-state index contributed by atoms with van der Waals surface area (Å²) in [7, 11) is 1.64. The molecule has 1 saturated heterocycles. The van der Waals surface area contributed by atoms with Gasteiger partial charge in [0.15, 0.2) is 5.96 Å². The Morgan fingerprint density at radius 2 is 1.88 bits per heavy atom. The number of piperidine rings is 1. The van der Waals surface area contributed by atoms with E-state index in [9.17, 15) is 9.18 Å². The number of aliphatic imine (C=N–C) groups is 1. The second kappa shape index (κ2) is 12.2. The van der Waals surface area contributed by atoms with E-state index < -0.39 is 0 Å². The van der Waals surface area contributed by atoms with Gasteiger partial charge in [0.25, 0.3) is 5.91 Å². The van der Waals surface area contributed by atoms with Gasteiger partial charge in [-0.1, -0.05) is 24.3 Å². The number of rotatable bonds is 8. The molecule has 0 radical (unpaired) electrons. The van der Waals surface area contributed by atoms with Crippen LogP contribution in [0, 0.1) is 5.82 Å². The fraction of sp³-hybridized carbons (Fsp3) is 0.440. The highest BCUT2D eigenvalue weighted by molar-refractivity contribution is 5.94. The molecular formula is C25H34FN5O. The van der Waals surface area contributed by atoms with Gasteiger partial charge in [0.1, 0.15) is 5.82 Å². The summed E-state index contributed by atoms with van der Waals surface area (Å²) in [6.45, 7) is 6.38. The Morgan fingerprint density at radius 3 is 2.56 bits per heavy atom.